The molecule has 0 aliphatic carbocycles. The van der Waals surface area contributed by atoms with E-state index in [-0.39, 0.29) is 17.7 Å². The molecule has 0 atom stereocenters. The van der Waals surface area contributed by atoms with Crippen molar-refractivity contribution < 1.29 is 8.42 Å². The van der Waals surface area contributed by atoms with Gasteiger partial charge in [-0.05, 0) is 26.0 Å². The van der Waals surface area contributed by atoms with Crippen LogP contribution in [0.3, 0.4) is 0 Å². The van der Waals surface area contributed by atoms with Gasteiger partial charge in [0.2, 0.25) is 9.05 Å². The van der Waals surface area contributed by atoms with Crippen molar-refractivity contribution >= 4 is 19.7 Å². The van der Waals surface area contributed by atoms with Crippen LogP contribution < -0.4 is 0 Å². The highest BCUT2D eigenvalue weighted by molar-refractivity contribution is 8.13. The van der Waals surface area contributed by atoms with Gasteiger partial charge in [0, 0.05) is 17.1 Å². The van der Waals surface area contributed by atoms with E-state index >= 15 is 0 Å². The number of aromatic nitrogens is 4. The first-order chi connectivity index (χ1) is 6.68. The van der Waals surface area contributed by atoms with Crippen molar-refractivity contribution in [2.75, 3.05) is 5.75 Å². The fourth-order valence-electron chi connectivity index (χ4n) is 0.841. The zero-order valence-electron chi connectivity index (χ0n) is 8.81. The van der Waals surface area contributed by atoms with E-state index in [0.29, 0.717) is 5.82 Å². The quantitative estimate of drug-likeness (QED) is 0.734. The van der Waals surface area contributed by atoms with E-state index in [1.54, 1.807) is 0 Å². The minimum absolute atomic E-state index is 0.176. The van der Waals surface area contributed by atoms with Gasteiger partial charge in [-0.15, -0.1) is 10.2 Å². The van der Waals surface area contributed by atoms with Gasteiger partial charge in [0.25, 0.3) is 0 Å². The summed E-state index contributed by atoms with van der Waals surface area (Å²) in [6, 6.07) is 0. The maximum absolute atomic E-state index is 10.7. The topological polar surface area (TPSA) is 77.7 Å². The van der Waals surface area contributed by atoms with Gasteiger partial charge in [0.15, 0.2) is 5.82 Å². The lowest BCUT2D eigenvalue weighted by atomic mass is 10.1. The molecule has 1 aromatic rings. The van der Waals surface area contributed by atoms with E-state index in [0.717, 1.165) is 0 Å². The molecule has 6 nitrogen and oxygen atoms in total. The van der Waals surface area contributed by atoms with Crippen LogP contribution >= 0.6 is 10.7 Å². The van der Waals surface area contributed by atoms with Crippen molar-refractivity contribution in [1.82, 2.24) is 20.2 Å². The normalized spacial score (nSPS) is 13.1. The number of nitrogens with zero attached hydrogens (tertiary/aromatic N) is 4. The Morgan fingerprint density at radius 2 is 2.00 bits per heavy atom. The van der Waals surface area contributed by atoms with Crippen LogP contribution in [0.5, 0.6) is 0 Å². The van der Waals surface area contributed by atoms with Crippen LogP contribution in [0.4, 0.5) is 0 Å². The van der Waals surface area contributed by atoms with Crippen molar-refractivity contribution in [2.45, 2.75) is 32.7 Å². The van der Waals surface area contributed by atoms with E-state index < -0.39 is 9.05 Å². The van der Waals surface area contributed by atoms with Gasteiger partial charge < -0.3 is 0 Å². The van der Waals surface area contributed by atoms with Crippen LogP contribution in [-0.4, -0.2) is 34.4 Å². The molecule has 1 aromatic heterocycles. The summed E-state index contributed by atoms with van der Waals surface area (Å²) in [5.74, 6) is 0.207. The van der Waals surface area contributed by atoms with Gasteiger partial charge in [-0.25, -0.2) is 8.42 Å². The average molecular weight is 253 g/mol. The number of halogens is 1. The molecule has 0 amide bonds. The minimum atomic E-state index is -3.49. The van der Waals surface area contributed by atoms with Gasteiger partial charge in [-0.1, -0.05) is 0 Å². The third kappa shape index (κ3) is 4.13. The van der Waals surface area contributed by atoms with Gasteiger partial charge in [-0.2, -0.15) is 4.80 Å². The summed E-state index contributed by atoms with van der Waals surface area (Å²) in [7, 11) is 1.58. The van der Waals surface area contributed by atoms with Crippen molar-refractivity contribution in [1.29, 1.82) is 0 Å². The first-order valence-electron chi connectivity index (χ1n) is 4.40. The lowest BCUT2D eigenvalue weighted by molar-refractivity contribution is 0.305. The second-order valence-corrected chi connectivity index (χ2v) is 7.06. The van der Waals surface area contributed by atoms with E-state index in [2.05, 4.69) is 15.4 Å². The molecule has 0 aliphatic rings. The largest absolute Gasteiger partial charge is 0.233 e. The minimum Gasteiger partial charge on any atom is -0.212 e. The van der Waals surface area contributed by atoms with E-state index in [1.165, 1.54) is 4.80 Å². The molecule has 0 spiro atoms. The molecule has 0 unspecified atom stereocenters. The Hall–Kier alpha value is -0.690. The predicted octanol–water partition coefficient (Wildman–Crippen LogP) is 0.539. The van der Waals surface area contributed by atoms with Crippen molar-refractivity contribution in [3.63, 3.8) is 0 Å². The standard InChI is InChI=1S/C7H13ClN4O2S/c1-7(2,3)12-10-6(9-11-12)4-5-15(8,13)14/h4-5H2,1-3H3. The Labute approximate surface area is 93.0 Å². The maximum Gasteiger partial charge on any atom is 0.233 e. The molecule has 1 rings (SSSR count). The van der Waals surface area contributed by atoms with Crippen LogP contribution in [0, 0.1) is 0 Å². The van der Waals surface area contributed by atoms with Crippen molar-refractivity contribution in [3.8, 4) is 0 Å². The van der Waals surface area contributed by atoms with Crippen LogP contribution in [0.1, 0.15) is 26.6 Å². The first-order valence-corrected chi connectivity index (χ1v) is 6.88. The summed E-state index contributed by atoms with van der Waals surface area (Å²) in [4.78, 5) is 1.45. The van der Waals surface area contributed by atoms with E-state index in [9.17, 15) is 8.42 Å². The molecule has 0 bridgehead atoms. The van der Waals surface area contributed by atoms with E-state index in [4.69, 9.17) is 10.7 Å². The highest BCUT2D eigenvalue weighted by Gasteiger charge is 2.17. The molecule has 0 saturated heterocycles. The van der Waals surface area contributed by atoms with Crippen LogP contribution in [0.25, 0.3) is 0 Å². The highest BCUT2D eigenvalue weighted by Crippen LogP contribution is 2.09. The monoisotopic (exact) mass is 252 g/mol. The Morgan fingerprint density at radius 1 is 1.40 bits per heavy atom. The molecular formula is C7H13ClN4O2S. The number of rotatable bonds is 3. The first kappa shape index (κ1) is 12.4. The summed E-state index contributed by atoms with van der Waals surface area (Å²) in [6.07, 6.45) is 0.182. The third-order valence-electron chi connectivity index (χ3n) is 1.62. The molecule has 0 N–H and O–H groups in total. The molecule has 0 radical (unpaired) electrons. The summed E-state index contributed by atoms with van der Waals surface area (Å²) in [5.41, 5.74) is -0.259. The van der Waals surface area contributed by atoms with Gasteiger partial charge in [-0.3, -0.25) is 0 Å². The Balaban J connectivity index is 2.70. The smallest absolute Gasteiger partial charge is 0.212 e. The van der Waals surface area contributed by atoms with Crippen LogP contribution in [0.15, 0.2) is 0 Å². The summed E-state index contributed by atoms with van der Waals surface area (Å²) >= 11 is 0. The molecule has 86 valence electrons. The van der Waals surface area contributed by atoms with Crippen LogP contribution in [0.2, 0.25) is 0 Å². The van der Waals surface area contributed by atoms with Gasteiger partial charge >= 0.3 is 0 Å². The SMILES string of the molecule is CC(C)(C)n1nnc(CCS(=O)(=O)Cl)n1. The number of aryl methyl sites for hydroxylation is 1. The number of hydrogen-bond donors (Lipinski definition) is 0. The van der Waals surface area contributed by atoms with Gasteiger partial charge in [0.05, 0.1) is 11.3 Å². The lowest BCUT2D eigenvalue weighted by Gasteiger charge is -2.15. The van der Waals surface area contributed by atoms with Crippen molar-refractivity contribution in [2.24, 2.45) is 0 Å². The highest BCUT2D eigenvalue weighted by atomic mass is 35.7. The van der Waals surface area contributed by atoms with Crippen molar-refractivity contribution in [3.05, 3.63) is 5.82 Å². The molecule has 0 aliphatic heterocycles. The fourth-order valence-corrected chi connectivity index (χ4v) is 1.50. The summed E-state index contributed by atoms with van der Waals surface area (Å²) in [5, 5.41) is 11.6. The Kier molecular flexibility index (Phi) is 3.34. The third-order valence-corrected chi connectivity index (χ3v) is 2.78. The predicted molar refractivity (Wildman–Crippen MR) is 56.2 cm³/mol. The van der Waals surface area contributed by atoms with Gasteiger partial charge in [0.1, 0.15) is 0 Å². The average Bonchev–Trinajstić information content (AvgIpc) is 2.45. The molecule has 0 saturated carbocycles. The zero-order chi connectivity index (χ0) is 11.7. The number of hydrogen-bond acceptors (Lipinski definition) is 5. The zero-order valence-corrected chi connectivity index (χ0v) is 10.4. The summed E-state index contributed by atoms with van der Waals surface area (Å²) < 4.78 is 21.4. The molecule has 0 aromatic carbocycles. The maximum atomic E-state index is 10.7. The Bertz CT molecular complexity index is 434. The molecule has 0 fully saturated rings. The Morgan fingerprint density at radius 3 is 2.40 bits per heavy atom. The lowest BCUT2D eigenvalue weighted by Crippen LogP contribution is -2.24. The molecule has 8 heteroatoms. The van der Waals surface area contributed by atoms with E-state index in [1.807, 2.05) is 20.8 Å². The molecule has 15 heavy (non-hydrogen) atoms. The molecule has 1 heterocycles. The molecular weight excluding hydrogens is 240 g/mol. The number of tetrazole rings is 1. The second kappa shape index (κ2) is 4.05. The van der Waals surface area contributed by atoms with Crippen LogP contribution in [-0.2, 0) is 21.0 Å². The fraction of sp³-hybridized carbons (Fsp3) is 0.857. The summed E-state index contributed by atoms with van der Waals surface area (Å²) in [6.45, 7) is 5.78. The second-order valence-electron chi connectivity index (χ2n) is 4.16.